The predicted molar refractivity (Wildman–Crippen MR) is 121 cm³/mol. The molecule has 3 aromatic heterocycles. The van der Waals surface area contributed by atoms with Crippen molar-refractivity contribution < 1.29 is 23.7 Å². The molecule has 4 heterocycles. The molecule has 2 unspecified atom stereocenters. The van der Waals surface area contributed by atoms with Gasteiger partial charge in [-0.2, -0.15) is 11.3 Å². The van der Waals surface area contributed by atoms with Crippen LogP contribution < -0.4 is 0 Å². The van der Waals surface area contributed by atoms with E-state index in [-0.39, 0.29) is 23.5 Å². The fourth-order valence-corrected chi connectivity index (χ4v) is 6.21. The minimum absolute atomic E-state index is 0.158. The average molecular weight is 474 g/mol. The van der Waals surface area contributed by atoms with Gasteiger partial charge in [0.15, 0.2) is 16.1 Å². The number of Topliss-reactive ketones (excluding diaryl/α,β-unsaturated/α-hetero) is 1. The Balaban J connectivity index is 1.72. The Morgan fingerprint density at radius 3 is 2.81 bits per heavy atom. The van der Waals surface area contributed by atoms with Gasteiger partial charge >= 0.3 is 5.97 Å². The molecule has 0 fully saturated rings. The van der Waals surface area contributed by atoms with Gasteiger partial charge in [-0.15, -0.1) is 11.3 Å². The summed E-state index contributed by atoms with van der Waals surface area (Å²) in [6.45, 7) is 4.03. The number of nitrogens with zero attached hydrogens (tertiary/aromatic N) is 1. The summed E-state index contributed by atoms with van der Waals surface area (Å²) in [6, 6.07) is 4.92. The number of thiophene rings is 2. The largest absolute Gasteiger partial charge is 0.611 e. The van der Waals surface area contributed by atoms with Gasteiger partial charge in [-0.3, -0.25) is 14.4 Å². The molecule has 3 aromatic rings. The molecular formula is C22H19NO5S3. The van der Waals surface area contributed by atoms with Crippen LogP contribution in [-0.2, 0) is 32.7 Å². The molecular weight excluding hydrogens is 454 g/mol. The number of aromatic nitrogens is 1. The Kier molecular flexibility index (Phi) is 6.02. The Morgan fingerprint density at radius 1 is 1.32 bits per heavy atom. The number of methoxy groups -OCH3 is 1. The first kappa shape index (κ1) is 21.8. The van der Waals surface area contributed by atoms with Crippen molar-refractivity contribution in [1.29, 1.82) is 0 Å². The highest BCUT2D eigenvalue weighted by Crippen LogP contribution is 2.42. The SMILES string of the molecule is C=CC[S+]([O-])c1cc2n(c1)CCC2(C(=O)OC)C(=O)c1csc(C(=O)c2ccsc2)c1. The number of hydrogen-bond donors (Lipinski definition) is 0. The summed E-state index contributed by atoms with van der Waals surface area (Å²) in [5, 5.41) is 5.18. The lowest BCUT2D eigenvalue weighted by Crippen LogP contribution is -2.43. The van der Waals surface area contributed by atoms with E-state index in [1.165, 1.54) is 29.8 Å². The summed E-state index contributed by atoms with van der Waals surface area (Å²) < 4.78 is 19.2. The molecule has 0 aromatic carbocycles. The maximum Gasteiger partial charge on any atom is 0.325 e. The van der Waals surface area contributed by atoms with Crippen molar-refractivity contribution in [3.63, 3.8) is 0 Å². The number of carbonyl (C=O) groups excluding carboxylic acids is 3. The number of aryl methyl sites for hydroxylation is 1. The van der Waals surface area contributed by atoms with Gasteiger partial charge in [-0.05, 0) is 41.2 Å². The number of hydrogen-bond acceptors (Lipinski definition) is 7. The molecule has 0 N–H and O–H groups in total. The van der Waals surface area contributed by atoms with Gasteiger partial charge in [-0.1, -0.05) is 6.58 Å². The summed E-state index contributed by atoms with van der Waals surface area (Å²) in [4.78, 5) is 40.2. The average Bonchev–Trinajstić information content (AvgIpc) is 3.56. The molecule has 2 atom stereocenters. The van der Waals surface area contributed by atoms with E-state index in [2.05, 4.69) is 6.58 Å². The van der Waals surface area contributed by atoms with E-state index in [0.717, 1.165) is 0 Å². The van der Waals surface area contributed by atoms with Crippen molar-refractivity contribution in [1.82, 2.24) is 4.57 Å². The van der Waals surface area contributed by atoms with Crippen LogP contribution in [0.3, 0.4) is 0 Å². The monoisotopic (exact) mass is 473 g/mol. The molecule has 6 nitrogen and oxygen atoms in total. The van der Waals surface area contributed by atoms with Crippen molar-refractivity contribution >= 4 is 51.4 Å². The third kappa shape index (κ3) is 3.61. The van der Waals surface area contributed by atoms with E-state index in [4.69, 9.17) is 4.74 Å². The van der Waals surface area contributed by atoms with Crippen LogP contribution in [0, 0.1) is 0 Å². The fourth-order valence-electron chi connectivity index (χ4n) is 3.84. The first-order chi connectivity index (χ1) is 14.9. The zero-order chi connectivity index (χ0) is 22.2. The van der Waals surface area contributed by atoms with Gasteiger partial charge in [0.05, 0.1) is 18.2 Å². The Labute approximate surface area is 190 Å². The number of esters is 1. The highest BCUT2D eigenvalue weighted by Gasteiger charge is 2.54. The van der Waals surface area contributed by atoms with Crippen LogP contribution in [0.25, 0.3) is 0 Å². The quantitative estimate of drug-likeness (QED) is 0.163. The molecule has 4 rings (SSSR count). The summed E-state index contributed by atoms with van der Waals surface area (Å²) in [6.07, 6.45) is 3.52. The number of carbonyl (C=O) groups is 3. The molecule has 0 aliphatic carbocycles. The van der Waals surface area contributed by atoms with Crippen LogP contribution in [0.4, 0.5) is 0 Å². The zero-order valence-electron chi connectivity index (χ0n) is 16.7. The van der Waals surface area contributed by atoms with Crippen molar-refractivity contribution in [2.45, 2.75) is 23.3 Å². The molecule has 0 saturated heterocycles. The summed E-state index contributed by atoms with van der Waals surface area (Å²) >= 11 is 1.29. The van der Waals surface area contributed by atoms with Crippen LogP contribution in [0.2, 0.25) is 0 Å². The summed E-state index contributed by atoms with van der Waals surface area (Å²) in [5.41, 5.74) is -0.210. The third-order valence-electron chi connectivity index (χ3n) is 5.36. The normalized spacial score (nSPS) is 18.4. The van der Waals surface area contributed by atoms with E-state index >= 15 is 0 Å². The predicted octanol–water partition coefficient (Wildman–Crippen LogP) is 3.83. The van der Waals surface area contributed by atoms with E-state index < -0.39 is 28.3 Å². The minimum Gasteiger partial charge on any atom is -0.611 e. The Hall–Kier alpha value is -2.46. The standard InChI is InChI=1S/C22H19NO5S3/c1-3-8-31(27)16-10-18-22(21(26)28-2,5-6-23(18)11-16)20(25)15-9-17(30-13-15)19(24)14-4-7-29-12-14/h3-4,7,9-13H,1,5-6,8H2,2H3. The molecule has 0 bridgehead atoms. The van der Waals surface area contributed by atoms with Gasteiger partial charge < -0.3 is 13.9 Å². The fraction of sp³-hybridized carbons (Fsp3) is 0.227. The smallest absolute Gasteiger partial charge is 0.325 e. The van der Waals surface area contributed by atoms with Crippen LogP contribution in [-0.4, -0.2) is 39.5 Å². The summed E-state index contributed by atoms with van der Waals surface area (Å²) in [7, 11) is 1.25. The van der Waals surface area contributed by atoms with Gasteiger partial charge in [-0.25, -0.2) is 0 Å². The molecule has 0 spiro atoms. The molecule has 1 aliphatic rings. The Morgan fingerprint density at radius 2 is 2.13 bits per heavy atom. The van der Waals surface area contributed by atoms with E-state index in [1.54, 1.807) is 45.8 Å². The highest BCUT2D eigenvalue weighted by molar-refractivity contribution is 7.91. The Bertz CT molecular complexity index is 1160. The molecule has 31 heavy (non-hydrogen) atoms. The molecule has 160 valence electrons. The first-order valence-corrected chi connectivity index (χ1v) is 12.5. The van der Waals surface area contributed by atoms with Crippen molar-refractivity contribution in [2.24, 2.45) is 0 Å². The number of fused-ring (bicyclic) bond motifs is 1. The van der Waals surface area contributed by atoms with Crippen LogP contribution in [0.15, 0.2) is 58.1 Å². The van der Waals surface area contributed by atoms with E-state index in [9.17, 15) is 18.9 Å². The molecule has 0 radical (unpaired) electrons. The number of ether oxygens (including phenoxy) is 1. The van der Waals surface area contributed by atoms with Crippen LogP contribution in [0.1, 0.15) is 37.7 Å². The molecule has 0 saturated carbocycles. The lowest BCUT2D eigenvalue weighted by atomic mass is 9.77. The van der Waals surface area contributed by atoms with Gasteiger partial charge in [0.2, 0.25) is 5.78 Å². The van der Waals surface area contributed by atoms with E-state index in [0.29, 0.717) is 27.6 Å². The van der Waals surface area contributed by atoms with Crippen LogP contribution in [0.5, 0.6) is 0 Å². The van der Waals surface area contributed by atoms with E-state index in [1.807, 2.05) is 5.38 Å². The van der Waals surface area contributed by atoms with Crippen molar-refractivity contribution in [3.8, 4) is 0 Å². The second-order valence-corrected chi connectivity index (χ2v) is 10.3. The van der Waals surface area contributed by atoms with Gasteiger partial charge in [0, 0.05) is 40.2 Å². The van der Waals surface area contributed by atoms with Crippen molar-refractivity contribution in [3.05, 3.63) is 74.9 Å². The van der Waals surface area contributed by atoms with Crippen molar-refractivity contribution in [2.75, 3.05) is 12.9 Å². The highest BCUT2D eigenvalue weighted by atomic mass is 32.2. The van der Waals surface area contributed by atoms with Gasteiger partial charge in [0.1, 0.15) is 5.75 Å². The first-order valence-electron chi connectivity index (χ1n) is 9.41. The second kappa shape index (κ2) is 8.58. The molecule has 0 amide bonds. The maximum absolute atomic E-state index is 13.7. The second-order valence-electron chi connectivity index (χ2n) is 7.07. The topological polar surface area (TPSA) is 88.4 Å². The molecule has 9 heteroatoms. The van der Waals surface area contributed by atoms with Gasteiger partial charge in [0.25, 0.3) is 0 Å². The molecule has 1 aliphatic heterocycles. The number of ketones is 2. The summed E-state index contributed by atoms with van der Waals surface area (Å²) in [5.74, 6) is -0.958. The minimum atomic E-state index is -1.53. The lowest BCUT2D eigenvalue weighted by Gasteiger charge is -2.23. The lowest BCUT2D eigenvalue weighted by molar-refractivity contribution is -0.145. The van der Waals surface area contributed by atoms with Crippen LogP contribution >= 0.6 is 22.7 Å². The zero-order valence-corrected chi connectivity index (χ0v) is 19.1. The number of rotatable bonds is 8. The third-order valence-corrected chi connectivity index (χ3v) is 8.26. The maximum atomic E-state index is 13.7.